The van der Waals surface area contributed by atoms with E-state index in [1.54, 1.807) is 6.08 Å². The van der Waals surface area contributed by atoms with Gasteiger partial charge in [0.25, 0.3) is 0 Å². The van der Waals surface area contributed by atoms with Gasteiger partial charge in [0.1, 0.15) is 0 Å². The number of carboxylic acid groups (broad SMARTS) is 1. The van der Waals surface area contributed by atoms with Crippen LogP contribution in [0.3, 0.4) is 0 Å². The van der Waals surface area contributed by atoms with Gasteiger partial charge in [0.05, 0.1) is 18.8 Å². The van der Waals surface area contributed by atoms with Crippen molar-refractivity contribution in [1.29, 1.82) is 0 Å². The van der Waals surface area contributed by atoms with Gasteiger partial charge in [-0.3, -0.25) is 4.90 Å². The van der Waals surface area contributed by atoms with Crippen LogP contribution in [0.15, 0.2) is 66.7 Å². The van der Waals surface area contributed by atoms with Crippen LogP contribution in [0.2, 0.25) is 0 Å². The van der Waals surface area contributed by atoms with Crippen molar-refractivity contribution < 1.29 is 19.4 Å². The molecule has 4 rings (SSSR count). The molecule has 3 atom stereocenters. The maximum atomic E-state index is 10.6. The minimum Gasteiger partial charge on any atom is -0.478 e. The van der Waals surface area contributed by atoms with Gasteiger partial charge in [0.2, 0.25) is 0 Å². The highest BCUT2D eigenvalue weighted by Gasteiger charge is 2.41. The van der Waals surface area contributed by atoms with Crippen molar-refractivity contribution in [1.82, 2.24) is 4.90 Å². The fourth-order valence-corrected chi connectivity index (χ4v) is 5.18. The summed E-state index contributed by atoms with van der Waals surface area (Å²) in [5.74, 6) is -0.896. The number of aliphatic carboxylic acids is 1. The molecule has 0 radical (unpaired) electrons. The molecule has 2 aliphatic rings. The Balaban J connectivity index is 1.33. The molecule has 1 N–H and O–H groups in total. The third-order valence-electron chi connectivity index (χ3n) is 6.96. The zero-order valence-corrected chi connectivity index (χ0v) is 20.0. The number of likely N-dealkylation sites (tertiary alicyclic amines) is 1. The highest BCUT2D eigenvalue weighted by atomic mass is 16.5. The van der Waals surface area contributed by atoms with E-state index in [9.17, 15) is 4.79 Å². The Labute approximate surface area is 203 Å². The normalized spacial score (nSPS) is 23.5. The summed E-state index contributed by atoms with van der Waals surface area (Å²) in [6.45, 7) is 3.53. The molecule has 2 aromatic carbocycles. The fraction of sp³-hybridized carbons (Fsp3) is 0.483. The summed E-state index contributed by atoms with van der Waals surface area (Å²) in [7, 11) is 0. The van der Waals surface area contributed by atoms with E-state index in [1.807, 2.05) is 6.07 Å². The van der Waals surface area contributed by atoms with Gasteiger partial charge in [-0.15, -0.1) is 0 Å². The van der Waals surface area contributed by atoms with Crippen molar-refractivity contribution in [3.63, 3.8) is 0 Å². The van der Waals surface area contributed by atoms with Crippen LogP contribution >= 0.6 is 0 Å². The van der Waals surface area contributed by atoms with Crippen molar-refractivity contribution in [3.05, 3.63) is 72.3 Å². The Hall–Kier alpha value is -2.47. The molecule has 0 amide bonds. The molecule has 1 saturated carbocycles. The number of carbonyl (C=O) groups is 1. The lowest BCUT2D eigenvalue weighted by Gasteiger charge is -2.36. The molecule has 1 saturated heterocycles. The second-order valence-electron chi connectivity index (χ2n) is 9.37. The first kappa shape index (κ1) is 24.6. The summed E-state index contributed by atoms with van der Waals surface area (Å²) in [5.41, 5.74) is 3.62. The molecule has 34 heavy (non-hydrogen) atoms. The number of hydrogen-bond acceptors (Lipinski definition) is 4. The second-order valence-corrected chi connectivity index (χ2v) is 9.37. The quantitative estimate of drug-likeness (QED) is 0.342. The Morgan fingerprint density at radius 3 is 2.41 bits per heavy atom. The van der Waals surface area contributed by atoms with Crippen LogP contribution in [0.4, 0.5) is 0 Å². The summed E-state index contributed by atoms with van der Waals surface area (Å²) in [5, 5.41) is 8.74. The first-order chi connectivity index (χ1) is 16.7. The van der Waals surface area contributed by atoms with E-state index in [-0.39, 0.29) is 12.2 Å². The number of piperidine rings is 1. The molecule has 1 aliphatic carbocycles. The first-order valence-electron chi connectivity index (χ1n) is 12.7. The predicted octanol–water partition coefficient (Wildman–Crippen LogP) is 5.69. The number of allylic oxidation sites excluding steroid dienone is 1. The number of unbranched alkanes of at least 4 members (excludes halogenated alkanes) is 1. The monoisotopic (exact) mass is 463 g/mol. The van der Waals surface area contributed by atoms with Crippen LogP contribution in [0, 0.1) is 0 Å². The van der Waals surface area contributed by atoms with Crippen LogP contribution in [0.5, 0.6) is 0 Å². The fourth-order valence-electron chi connectivity index (χ4n) is 5.18. The minimum absolute atomic E-state index is 0.0742. The SMILES string of the molecule is O=C(O)C=CCCCO[C@H]1[C@@H](OCc2ccc(-c3ccccc3)cc2)CC[C@@H]1N1CCCCC1. The molecule has 2 fully saturated rings. The molecule has 0 aromatic heterocycles. The van der Waals surface area contributed by atoms with Crippen LogP contribution in [0.25, 0.3) is 11.1 Å². The summed E-state index contributed by atoms with van der Waals surface area (Å²) < 4.78 is 12.8. The number of benzene rings is 2. The smallest absolute Gasteiger partial charge is 0.327 e. The van der Waals surface area contributed by atoms with E-state index in [0.29, 0.717) is 25.7 Å². The zero-order chi connectivity index (χ0) is 23.6. The number of ether oxygens (including phenoxy) is 2. The van der Waals surface area contributed by atoms with Gasteiger partial charge in [-0.1, -0.05) is 67.1 Å². The van der Waals surface area contributed by atoms with E-state index < -0.39 is 5.97 Å². The Bertz CT molecular complexity index is 905. The van der Waals surface area contributed by atoms with Gasteiger partial charge in [0.15, 0.2) is 0 Å². The van der Waals surface area contributed by atoms with Crippen LogP contribution in [-0.2, 0) is 20.9 Å². The van der Waals surface area contributed by atoms with Crippen LogP contribution in [0.1, 0.15) is 50.5 Å². The highest BCUT2D eigenvalue weighted by molar-refractivity contribution is 5.79. The van der Waals surface area contributed by atoms with Gasteiger partial charge in [-0.05, 0) is 68.3 Å². The average molecular weight is 464 g/mol. The predicted molar refractivity (Wildman–Crippen MR) is 135 cm³/mol. The molecule has 0 bridgehead atoms. The zero-order valence-electron chi connectivity index (χ0n) is 20.0. The molecular weight excluding hydrogens is 426 g/mol. The van der Waals surface area contributed by atoms with Gasteiger partial charge in [-0.25, -0.2) is 4.79 Å². The lowest BCUT2D eigenvalue weighted by molar-refractivity contribution is -0.131. The molecule has 1 aliphatic heterocycles. The lowest BCUT2D eigenvalue weighted by atomic mass is 10.0. The Morgan fingerprint density at radius 2 is 1.68 bits per heavy atom. The van der Waals surface area contributed by atoms with Crippen molar-refractivity contribution in [3.8, 4) is 11.1 Å². The minimum atomic E-state index is -0.896. The molecule has 0 spiro atoms. The number of nitrogens with zero attached hydrogens (tertiary/aromatic N) is 1. The second kappa shape index (κ2) is 12.8. The maximum Gasteiger partial charge on any atom is 0.327 e. The molecule has 1 heterocycles. The summed E-state index contributed by atoms with van der Waals surface area (Å²) >= 11 is 0. The topological polar surface area (TPSA) is 59.0 Å². The van der Waals surface area contributed by atoms with Gasteiger partial charge in [0, 0.05) is 18.7 Å². The third-order valence-corrected chi connectivity index (χ3v) is 6.96. The average Bonchev–Trinajstić information content (AvgIpc) is 3.28. The molecule has 0 unspecified atom stereocenters. The summed E-state index contributed by atoms with van der Waals surface area (Å²) in [4.78, 5) is 13.2. The number of carboxylic acids is 1. The van der Waals surface area contributed by atoms with E-state index in [4.69, 9.17) is 14.6 Å². The van der Waals surface area contributed by atoms with E-state index >= 15 is 0 Å². The third kappa shape index (κ3) is 7.02. The molecule has 5 heteroatoms. The number of hydrogen-bond donors (Lipinski definition) is 1. The first-order valence-corrected chi connectivity index (χ1v) is 12.7. The Morgan fingerprint density at radius 1 is 0.941 bits per heavy atom. The summed E-state index contributed by atoms with van der Waals surface area (Å²) in [6.07, 6.45) is 10.6. The molecule has 182 valence electrons. The van der Waals surface area contributed by atoms with Gasteiger partial charge in [-0.2, -0.15) is 0 Å². The van der Waals surface area contributed by atoms with Crippen molar-refractivity contribution in [2.24, 2.45) is 0 Å². The maximum absolute atomic E-state index is 10.6. The highest BCUT2D eigenvalue weighted by Crippen LogP contribution is 2.32. The van der Waals surface area contributed by atoms with Gasteiger partial charge >= 0.3 is 5.97 Å². The van der Waals surface area contributed by atoms with Crippen LogP contribution < -0.4 is 0 Å². The largest absolute Gasteiger partial charge is 0.478 e. The van der Waals surface area contributed by atoms with Crippen LogP contribution in [-0.4, -0.2) is 53.9 Å². The lowest BCUT2D eigenvalue weighted by Crippen LogP contribution is -2.47. The molecular formula is C29H37NO4. The summed E-state index contributed by atoms with van der Waals surface area (Å²) in [6, 6.07) is 19.5. The van der Waals surface area contributed by atoms with Crippen molar-refractivity contribution in [2.75, 3.05) is 19.7 Å². The molecule has 5 nitrogen and oxygen atoms in total. The van der Waals surface area contributed by atoms with Crippen molar-refractivity contribution in [2.45, 2.75) is 69.8 Å². The molecule has 2 aromatic rings. The van der Waals surface area contributed by atoms with E-state index in [0.717, 1.165) is 32.4 Å². The van der Waals surface area contributed by atoms with E-state index in [1.165, 1.54) is 42.0 Å². The van der Waals surface area contributed by atoms with E-state index in [2.05, 4.69) is 53.4 Å². The van der Waals surface area contributed by atoms with Gasteiger partial charge < -0.3 is 14.6 Å². The van der Waals surface area contributed by atoms with Crippen molar-refractivity contribution >= 4 is 5.97 Å². The standard InChI is InChI=1S/C29H37NO4/c31-28(32)12-6-2-9-21-33-29-26(30-19-7-3-8-20-30)17-18-27(29)34-22-23-13-15-25(16-14-23)24-10-4-1-5-11-24/h1,4-6,10-16,26-27,29H,2-3,7-9,17-22H2,(H,31,32)/t26-,27-,29+/m0/s1. The number of rotatable bonds is 11. The Kier molecular flexibility index (Phi) is 9.31.